The molecule has 142 valence electrons. The molecule has 0 radical (unpaired) electrons. The number of benzene rings is 2. The molecule has 3 aromatic rings. The Morgan fingerprint density at radius 3 is 2.61 bits per heavy atom. The molecule has 1 aromatic heterocycles. The zero-order chi connectivity index (χ0) is 19.3. The lowest BCUT2D eigenvalue weighted by Crippen LogP contribution is -2.30. The lowest BCUT2D eigenvalue weighted by molar-refractivity contribution is -0.127. The van der Waals surface area contributed by atoms with Crippen molar-refractivity contribution in [1.29, 1.82) is 0 Å². The highest BCUT2D eigenvalue weighted by molar-refractivity contribution is 5.94. The fourth-order valence-electron chi connectivity index (χ4n) is 3.40. The van der Waals surface area contributed by atoms with Crippen molar-refractivity contribution >= 4 is 22.8 Å². The Balaban J connectivity index is 1.34. The van der Waals surface area contributed by atoms with E-state index in [-0.39, 0.29) is 11.8 Å². The lowest BCUT2D eigenvalue weighted by atomic mass is 10.1. The zero-order valence-electron chi connectivity index (χ0n) is 15.6. The van der Waals surface area contributed by atoms with E-state index < -0.39 is 0 Å². The maximum atomic E-state index is 12.3. The van der Waals surface area contributed by atoms with Gasteiger partial charge in [-0.3, -0.25) is 14.6 Å². The first-order chi connectivity index (χ1) is 13.7. The van der Waals surface area contributed by atoms with Gasteiger partial charge in [0, 0.05) is 37.2 Å². The van der Waals surface area contributed by atoms with Gasteiger partial charge in [0.05, 0.1) is 22.9 Å². The average molecular weight is 374 g/mol. The van der Waals surface area contributed by atoms with Gasteiger partial charge in [-0.1, -0.05) is 24.3 Å². The molecule has 1 N–H and O–H groups in total. The minimum Gasteiger partial charge on any atom is -0.352 e. The maximum Gasteiger partial charge on any atom is 0.251 e. The van der Waals surface area contributed by atoms with Gasteiger partial charge in [0.15, 0.2) is 0 Å². The number of hydrogen-bond acceptors (Lipinski definition) is 4. The molecule has 4 rings (SSSR count). The Morgan fingerprint density at radius 2 is 1.86 bits per heavy atom. The van der Waals surface area contributed by atoms with Gasteiger partial charge < -0.3 is 10.2 Å². The molecule has 0 atom stereocenters. The largest absolute Gasteiger partial charge is 0.352 e. The van der Waals surface area contributed by atoms with Crippen molar-refractivity contribution in [2.24, 2.45) is 0 Å². The molecule has 1 aliphatic heterocycles. The van der Waals surface area contributed by atoms with E-state index in [1.807, 2.05) is 41.3 Å². The molecule has 0 unspecified atom stereocenters. The number of carbonyl (C=O) groups is 2. The van der Waals surface area contributed by atoms with Crippen molar-refractivity contribution in [3.63, 3.8) is 0 Å². The minimum atomic E-state index is -0.108. The van der Waals surface area contributed by atoms with Crippen LogP contribution in [0.4, 0.5) is 0 Å². The fraction of sp³-hybridized carbons (Fsp3) is 0.273. The van der Waals surface area contributed by atoms with Crippen molar-refractivity contribution < 1.29 is 9.59 Å². The lowest BCUT2D eigenvalue weighted by Gasteiger charge is -2.15. The molecule has 0 aliphatic carbocycles. The number of likely N-dealkylation sites (tertiary alicyclic amines) is 1. The zero-order valence-corrected chi connectivity index (χ0v) is 15.6. The first kappa shape index (κ1) is 18.1. The van der Waals surface area contributed by atoms with Gasteiger partial charge in [-0.15, -0.1) is 0 Å². The van der Waals surface area contributed by atoms with E-state index in [1.165, 1.54) is 0 Å². The predicted octanol–water partition coefficient (Wildman–Crippen LogP) is 3.04. The molecule has 1 aliphatic rings. The van der Waals surface area contributed by atoms with Gasteiger partial charge >= 0.3 is 0 Å². The van der Waals surface area contributed by atoms with E-state index in [0.717, 1.165) is 41.7 Å². The number of carbonyl (C=O) groups excluding carboxylic acids is 2. The SMILES string of the molecule is O=C(NCCCN1CCCC1=O)c1ccc(-c2cnc3ccccc3n2)cc1. The number of nitrogens with zero attached hydrogens (tertiary/aromatic N) is 3. The number of nitrogens with one attached hydrogen (secondary N) is 1. The average Bonchev–Trinajstić information content (AvgIpc) is 3.15. The van der Waals surface area contributed by atoms with E-state index in [4.69, 9.17) is 0 Å². The fourth-order valence-corrected chi connectivity index (χ4v) is 3.40. The number of rotatable bonds is 6. The quantitative estimate of drug-likeness (QED) is 0.673. The molecule has 1 fully saturated rings. The topological polar surface area (TPSA) is 75.2 Å². The van der Waals surface area contributed by atoms with Crippen molar-refractivity contribution in [3.05, 3.63) is 60.3 Å². The van der Waals surface area contributed by atoms with Gasteiger partial charge in [0.1, 0.15) is 0 Å². The minimum absolute atomic E-state index is 0.108. The molecule has 0 bridgehead atoms. The van der Waals surface area contributed by atoms with Crippen LogP contribution < -0.4 is 5.32 Å². The number of aromatic nitrogens is 2. The Labute approximate surface area is 163 Å². The molecule has 28 heavy (non-hydrogen) atoms. The van der Waals surface area contributed by atoms with Crippen LogP contribution in [0.2, 0.25) is 0 Å². The van der Waals surface area contributed by atoms with Crippen LogP contribution in [-0.4, -0.2) is 46.3 Å². The van der Waals surface area contributed by atoms with E-state index in [9.17, 15) is 9.59 Å². The number of fused-ring (bicyclic) bond motifs is 1. The van der Waals surface area contributed by atoms with E-state index in [2.05, 4.69) is 15.3 Å². The van der Waals surface area contributed by atoms with Gasteiger partial charge in [-0.2, -0.15) is 0 Å². The summed E-state index contributed by atoms with van der Waals surface area (Å²) in [5, 5.41) is 2.92. The summed E-state index contributed by atoms with van der Waals surface area (Å²) >= 11 is 0. The summed E-state index contributed by atoms with van der Waals surface area (Å²) in [6.45, 7) is 2.10. The van der Waals surface area contributed by atoms with Gasteiger partial charge in [-0.25, -0.2) is 4.98 Å². The highest BCUT2D eigenvalue weighted by Crippen LogP contribution is 2.19. The second kappa shape index (κ2) is 8.17. The van der Waals surface area contributed by atoms with Crippen molar-refractivity contribution in [2.75, 3.05) is 19.6 Å². The van der Waals surface area contributed by atoms with Crippen molar-refractivity contribution in [2.45, 2.75) is 19.3 Å². The molecule has 2 heterocycles. The van der Waals surface area contributed by atoms with Gasteiger partial charge in [0.25, 0.3) is 5.91 Å². The third-order valence-corrected chi connectivity index (χ3v) is 4.95. The number of para-hydroxylation sites is 2. The monoisotopic (exact) mass is 374 g/mol. The van der Waals surface area contributed by atoms with Crippen LogP contribution in [-0.2, 0) is 4.79 Å². The summed E-state index contributed by atoms with van der Waals surface area (Å²) in [6.07, 6.45) is 4.11. The number of hydrogen-bond donors (Lipinski definition) is 1. The maximum absolute atomic E-state index is 12.3. The normalized spacial score (nSPS) is 13.9. The van der Waals surface area contributed by atoms with E-state index in [1.54, 1.807) is 18.3 Å². The first-order valence-electron chi connectivity index (χ1n) is 9.59. The molecule has 6 nitrogen and oxygen atoms in total. The third-order valence-electron chi connectivity index (χ3n) is 4.95. The molecule has 1 saturated heterocycles. The van der Waals surface area contributed by atoms with Gasteiger partial charge in [-0.05, 0) is 37.1 Å². The van der Waals surface area contributed by atoms with E-state index >= 15 is 0 Å². The summed E-state index contributed by atoms with van der Waals surface area (Å²) < 4.78 is 0. The van der Waals surface area contributed by atoms with Crippen LogP contribution in [0, 0.1) is 0 Å². The van der Waals surface area contributed by atoms with Crippen LogP contribution in [0.5, 0.6) is 0 Å². The van der Waals surface area contributed by atoms with Crippen LogP contribution in [0.15, 0.2) is 54.7 Å². The molecule has 6 heteroatoms. The van der Waals surface area contributed by atoms with E-state index in [0.29, 0.717) is 25.1 Å². The Hall–Kier alpha value is -3.28. The molecular weight excluding hydrogens is 352 g/mol. The molecule has 2 amide bonds. The molecule has 0 spiro atoms. The molecular formula is C22H22N4O2. The van der Waals surface area contributed by atoms with Crippen molar-refractivity contribution in [1.82, 2.24) is 20.2 Å². The summed E-state index contributed by atoms with van der Waals surface area (Å²) in [6, 6.07) is 15.1. The molecule has 2 aromatic carbocycles. The second-order valence-electron chi connectivity index (χ2n) is 6.92. The summed E-state index contributed by atoms with van der Waals surface area (Å²) in [5.41, 5.74) is 4.01. The number of amides is 2. The van der Waals surface area contributed by atoms with Crippen molar-refractivity contribution in [3.8, 4) is 11.3 Å². The first-order valence-corrected chi connectivity index (χ1v) is 9.59. The third kappa shape index (κ3) is 4.01. The predicted molar refractivity (Wildman–Crippen MR) is 108 cm³/mol. The summed E-state index contributed by atoms with van der Waals surface area (Å²) in [7, 11) is 0. The van der Waals surface area contributed by atoms with Crippen LogP contribution in [0.3, 0.4) is 0 Å². The van der Waals surface area contributed by atoms with Crippen LogP contribution >= 0.6 is 0 Å². The summed E-state index contributed by atoms with van der Waals surface area (Å²) in [4.78, 5) is 34.8. The highest BCUT2D eigenvalue weighted by Gasteiger charge is 2.19. The Kier molecular flexibility index (Phi) is 5.28. The van der Waals surface area contributed by atoms with Crippen LogP contribution in [0.25, 0.3) is 22.3 Å². The summed E-state index contributed by atoms with van der Waals surface area (Å²) in [5.74, 6) is 0.114. The standard InChI is InChI=1S/C22H22N4O2/c27-21-7-3-13-26(21)14-4-12-23-22(28)17-10-8-16(9-11-17)20-15-24-18-5-1-2-6-19(18)25-20/h1-2,5-6,8-11,15H,3-4,7,12-14H2,(H,23,28). The molecule has 0 saturated carbocycles. The second-order valence-corrected chi connectivity index (χ2v) is 6.92. The smallest absolute Gasteiger partial charge is 0.251 e. The van der Waals surface area contributed by atoms with Crippen LogP contribution in [0.1, 0.15) is 29.6 Å². The van der Waals surface area contributed by atoms with Gasteiger partial charge in [0.2, 0.25) is 5.91 Å². The highest BCUT2D eigenvalue weighted by atomic mass is 16.2. The Morgan fingerprint density at radius 1 is 1.07 bits per heavy atom. The Bertz CT molecular complexity index is 1000.